The molecule has 9 heteroatoms. The fourth-order valence-electron chi connectivity index (χ4n) is 4.66. The number of halogens is 1. The molecule has 35 heavy (non-hydrogen) atoms. The summed E-state index contributed by atoms with van der Waals surface area (Å²) in [5.74, 6) is 0.122. The highest BCUT2D eigenvalue weighted by atomic mass is 35.5. The maximum absolute atomic E-state index is 13.4. The normalized spacial score (nSPS) is 17.9. The molecule has 2 aromatic rings. The molecule has 2 aliphatic heterocycles. The second-order valence-corrected chi connectivity index (χ2v) is 9.85. The highest BCUT2D eigenvalue weighted by Crippen LogP contribution is 2.32. The van der Waals surface area contributed by atoms with E-state index in [1.54, 1.807) is 29.2 Å². The number of nitrogens with one attached hydrogen (secondary N) is 2. The fraction of sp³-hybridized carbons (Fsp3) is 0.423. The van der Waals surface area contributed by atoms with E-state index in [0.29, 0.717) is 48.1 Å². The van der Waals surface area contributed by atoms with Gasteiger partial charge >= 0.3 is 6.03 Å². The summed E-state index contributed by atoms with van der Waals surface area (Å²) < 4.78 is 0. The minimum absolute atomic E-state index is 0.00106. The van der Waals surface area contributed by atoms with Crippen LogP contribution in [-0.4, -0.2) is 66.9 Å². The summed E-state index contributed by atoms with van der Waals surface area (Å²) in [5.41, 5.74) is 2.78. The number of carbonyl (C=O) groups is 3. The molecule has 3 aliphatic rings. The van der Waals surface area contributed by atoms with Crippen LogP contribution in [-0.2, 0) is 4.79 Å². The molecule has 1 aliphatic carbocycles. The largest absolute Gasteiger partial charge is 0.367 e. The van der Waals surface area contributed by atoms with Crippen LogP contribution >= 0.6 is 11.6 Å². The molecule has 1 saturated carbocycles. The average molecular weight is 496 g/mol. The van der Waals surface area contributed by atoms with Crippen molar-refractivity contribution in [2.24, 2.45) is 5.92 Å². The van der Waals surface area contributed by atoms with Gasteiger partial charge in [0, 0.05) is 67.3 Å². The van der Waals surface area contributed by atoms with Gasteiger partial charge in [-0.2, -0.15) is 0 Å². The van der Waals surface area contributed by atoms with Crippen LogP contribution in [0.1, 0.15) is 36.0 Å². The Morgan fingerprint density at radius 1 is 0.800 bits per heavy atom. The quantitative estimate of drug-likeness (QED) is 0.648. The molecule has 0 spiro atoms. The Morgan fingerprint density at radius 2 is 1.51 bits per heavy atom. The van der Waals surface area contributed by atoms with Gasteiger partial charge in [0.2, 0.25) is 5.91 Å². The maximum atomic E-state index is 13.4. The van der Waals surface area contributed by atoms with E-state index in [1.165, 1.54) is 0 Å². The summed E-state index contributed by atoms with van der Waals surface area (Å²) in [7, 11) is 0. The minimum Gasteiger partial charge on any atom is -0.367 e. The standard InChI is InChI=1S/C26H30ClN5O3/c27-19-4-3-5-20(16-19)29-26(35)32-14-12-30(13-15-32)23-9-8-21(28-24(33)18-6-7-18)17-22(23)25(34)31-10-1-2-11-31/h3-5,8-9,16-18H,1-2,6-7,10-15H2,(H,28,33)(H,29,35). The molecule has 3 fully saturated rings. The monoisotopic (exact) mass is 495 g/mol. The number of amides is 4. The lowest BCUT2D eigenvalue weighted by Gasteiger charge is -2.37. The molecule has 2 aromatic carbocycles. The molecule has 8 nitrogen and oxygen atoms in total. The second-order valence-electron chi connectivity index (χ2n) is 9.41. The van der Waals surface area contributed by atoms with Crippen molar-refractivity contribution < 1.29 is 14.4 Å². The summed E-state index contributed by atoms with van der Waals surface area (Å²) in [4.78, 5) is 44.2. The van der Waals surface area contributed by atoms with Crippen LogP contribution in [0.4, 0.5) is 21.9 Å². The Hall–Kier alpha value is -3.26. The first-order chi connectivity index (χ1) is 17.0. The van der Waals surface area contributed by atoms with Gasteiger partial charge in [-0.1, -0.05) is 17.7 Å². The van der Waals surface area contributed by atoms with E-state index >= 15 is 0 Å². The van der Waals surface area contributed by atoms with Crippen molar-refractivity contribution in [3.05, 3.63) is 53.1 Å². The third-order valence-electron chi connectivity index (χ3n) is 6.82. The number of rotatable bonds is 5. The molecule has 5 rings (SSSR count). The maximum Gasteiger partial charge on any atom is 0.321 e. The van der Waals surface area contributed by atoms with Gasteiger partial charge in [0.1, 0.15) is 0 Å². The van der Waals surface area contributed by atoms with Crippen molar-refractivity contribution in [1.82, 2.24) is 9.80 Å². The molecule has 0 bridgehead atoms. The Balaban J connectivity index is 1.29. The van der Waals surface area contributed by atoms with Crippen LogP contribution < -0.4 is 15.5 Å². The number of benzene rings is 2. The SMILES string of the molecule is O=C(Nc1ccc(N2CCN(C(=O)Nc3cccc(Cl)c3)CC2)c(C(=O)N2CCCC2)c1)C1CC1. The van der Waals surface area contributed by atoms with E-state index in [0.717, 1.165) is 44.5 Å². The van der Waals surface area contributed by atoms with E-state index in [1.807, 2.05) is 23.1 Å². The van der Waals surface area contributed by atoms with E-state index < -0.39 is 0 Å². The Labute approximate surface area is 210 Å². The van der Waals surface area contributed by atoms with Gasteiger partial charge in [-0.15, -0.1) is 0 Å². The van der Waals surface area contributed by atoms with Gasteiger partial charge in [-0.25, -0.2) is 4.79 Å². The third-order valence-corrected chi connectivity index (χ3v) is 7.05. The zero-order valence-corrected chi connectivity index (χ0v) is 20.4. The number of likely N-dealkylation sites (tertiary alicyclic amines) is 1. The van der Waals surface area contributed by atoms with E-state index in [9.17, 15) is 14.4 Å². The van der Waals surface area contributed by atoms with Crippen molar-refractivity contribution >= 4 is 46.5 Å². The molecular weight excluding hydrogens is 466 g/mol. The highest BCUT2D eigenvalue weighted by molar-refractivity contribution is 6.30. The first-order valence-corrected chi connectivity index (χ1v) is 12.7. The second kappa shape index (κ2) is 10.2. The molecule has 0 radical (unpaired) electrons. The van der Waals surface area contributed by atoms with Gasteiger partial charge in [-0.3, -0.25) is 9.59 Å². The predicted octanol–water partition coefficient (Wildman–Crippen LogP) is 4.28. The summed E-state index contributed by atoms with van der Waals surface area (Å²) in [6, 6.07) is 12.5. The van der Waals surface area contributed by atoms with Crippen LogP contribution in [0, 0.1) is 5.92 Å². The Bertz CT molecular complexity index is 1120. The molecule has 2 saturated heterocycles. The summed E-state index contributed by atoms with van der Waals surface area (Å²) in [5, 5.41) is 6.44. The summed E-state index contributed by atoms with van der Waals surface area (Å²) >= 11 is 6.02. The number of hydrogen-bond donors (Lipinski definition) is 2. The van der Waals surface area contributed by atoms with Gasteiger partial charge in [0.15, 0.2) is 0 Å². The van der Waals surface area contributed by atoms with Gasteiger partial charge in [-0.05, 0) is 62.1 Å². The van der Waals surface area contributed by atoms with Crippen LogP contribution in [0.5, 0.6) is 0 Å². The predicted molar refractivity (Wildman–Crippen MR) is 137 cm³/mol. The third kappa shape index (κ3) is 5.53. The number of piperazine rings is 1. The number of urea groups is 1. The van der Waals surface area contributed by atoms with Crippen LogP contribution in [0.2, 0.25) is 5.02 Å². The summed E-state index contributed by atoms with van der Waals surface area (Å²) in [6.45, 7) is 3.80. The molecule has 2 heterocycles. The number of nitrogens with zero attached hydrogens (tertiary/aromatic N) is 3. The zero-order valence-electron chi connectivity index (χ0n) is 19.6. The lowest BCUT2D eigenvalue weighted by atomic mass is 10.1. The van der Waals surface area contributed by atoms with Crippen LogP contribution in [0.3, 0.4) is 0 Å². The molecular formula is C26H30ClN5O3. The topological polar surface area (TPSA) is 85.0 Å². The first-order valence-electron chi connectivity index (χ1n) is 12.3. The molecule has 4 amide bonds. The molecule has 2 N–H and O–H groups in total. The molecule has 0 unspecified atom stereocenters. The lowest BCUT2D eigenvalue weighted by molar-refractivity contribution is -0.117. The summed E-state index contributed by atoms with van der Waals surface area (Å²) in [6.07, 6.45) is 3.89. The van der Waals surface area contributed by atoms with E-state index in [4.69, 9.17) is 11.6 Å². The molecule has 0 aromatic heterocycles. The van der Waals surface area contributed by atoms with Crippen LogP contribution in [0.15, 0.2) is 42.5 Å². The van der Waals surface area contributed by atoms with Gasteiger partial charge in [0.25, 0.3) is 5.91 Å². The van der Waals surface area contributed by atoms with Crippen molar-refractivity contribution in [3.8, 4) is 0 Å². The number of anilines is 3. The lowest BCUT2D eigenvalue weighted by Crippen LogP contribution is -2.50. The average Bonchev–Trinajstić information content (AvgIpc) is 3.58. The zero-order chi connectivity index (χ0) is 24.4. The Morgan fingerprint density at radius 3 is 2.20 bits per heavy atom. The van der Waals surface area contributed by atoms with Crippen molar-refractivity contribution in [1.29, 1.82) is 0 Å². The van der Waals surface area contributed by atoms with Crippen LogP contribution in [0.25, 0.3) is 0 Å². The molecule has 184 valence electrons. The van der Waals surface area contributed by atoms with Gasteiger partial charge in [0.05, 0.1) is 5.56 Å². The smallest absolute Gasteiger partial charge is 0.321 e. The van der Waals surface area contributed by atoms with Gasteiger partial charge < -0.3 is 25.3 Å². The fourth-order valence-corrected chi connectivity index (χ4v) is 4.85. The van der Waals surface area contributed by atoms with Crippen molar-refractivity contribution in [2.45, 2.75) is 25.7 Å². The van der Waals surface area contributed by atoms with E-state index in [-0.39, 0.29) is 23.8 Å². The van der Waals surface area contributed by atoms with Crippen molar-refractivity contribution in [3.63, 3.8) is 0 Å². The Kier molecular flexibility index (Phi) is 6.81. The first kappa shape index (κ1) is 23.5. The minimum atomic E-state index is -0.168. The number of hydrogen-bond acceptors (Lipinski definition) is 4. The molecule has 0 atom stereocenters. The highest BCUT2D eigenvalue weighted by Gasteiger charge is 2.31. The van der Waals surface area contributed by atoms with Crippen molar-refractivity contribution in [2.75, 3.05) is 54.8 Å². The van der Waals surface area contributed by atoms with E-state index in [2.05, 4.69) is 15.5 Å². The number of carbonyl (C=O) groups excluding carboxylic acids is 3.